The molecule has 1 heterocycles. The topological polar surface area (TPSA) is 117 Å². The Labute approximate surface area is 188 Å². The van der Waals surface area contributed by atoms with Crippen LogP contribution in [0.15, 0.2) is 39.3 Å². The summed E-state index contributed by atoms with van der Waals surface area (Å²) in [5, 5.41) is 28.3. The molecule has 0 aliphatic rings. The molecular formula is C24H30N4O4. The molecule has 1 atom stereocenters. The normalized spacial score (nSPS) is 12.0. The van der Waals surface area contributed by atoms with Gasteiger partial charge in [-0.05, 0) is 50.5 Å². The lowest BCUT2D eigenvalue weighted by atomic mass is 9.99. The van der Waals surface area contributed by atoms with E-state index in [9.17, 15) is 20.0 Å². The second-order valence-electron chi connectivity index (χ2n) is 7.58. The van der Waals surface area contributed by atoms with E-state index in [1.165, 1.54) is 4.57 Å². The van der Waals surface area contributed by atoms with Crippen LogP contribution in [0.1, 0.15) is 67.9 Å². The first-order valence-corrected chi connectivity index (χ1v) is 10.9. The lowest BCUT2D eigenvalue weighted by Gasteiger charge is -2.19. The Balaban J connectivity index is 2.42. The van der Waals surface area contributed by atoms with Crippen molar-refractivity contribution >= 4 is 17.3 Å². The molecule has 1 aromatic carbocycles. The maximum Gasteiger partial charge on any atom is 0.338 e. The summed E-state index contributed by atoms with van der Waals surface area (Å²) >= 11 is 0. The third-order valence-electron chi connectivity index (χ3n) is 5.40. The van der Waals surface area contributed by atoms with Crippen molar-refractivity contribution < 1.29 is 14.6 Å². The summed E-state index contributed by atoms with van der Waals surface area (Å²) in [6, 6.07) is 8.28. The number of nitriles is 1. The molecule has 0 aliphatic heterocycles. The molecule has 0 saturated heterocycles. The highest BCUT2D eigenvalue weighted by Gasteiger charge is 2.21. The van der Waals surface area contributed by atoms with E-state index in [0.717, 1.165) is 25.7 Å². The molecule has 8 nitrogen and oxygen atoms in total. The van der Waals surface area contributed by atoms with Crippen molar-refractivity contribution in [1.82, 2.24) is 4.57 Å². The molecule has 0 fully saturated rings. The van der Waals surface area contributed by atoms with Gasteiger partial charge < -0.3 is 9.84 Å². The van der Waals surface area contributed by atoms with Gasteiger partial charge in [-0.15, -0.1) is 5.11 Å². The lowest BCUT2D eigenvalue weighted by Crippen LogP contribution is -2.25. The van der Waals surface area contributed by atoms with E-state index in [2.05, 4.69) is 17.2 Å². The number of hydrogen-bond donors (Lipinski definition) is 1. The molecule has 2 rings (SSSR count). The van der Waals surface area contributed by atoms with E-state index in [0.29, 0.717) is 17.8 Å². The number of rotatable bonds is 10. The molecule has 0 saturated carbocycles. The van der Waals surface area contributed by atoms with E-state index in [-0.39, 0.29) is 35.2 Å². The SMILES string of the molecule is CCCCC(CC)Cn1c(O)c(C#N)c(C)c(N=Nc2ccc(C(=O)OCC)cc2)c1=O. The number of ether oxygens (including phenoxy) is 1. The number of unbranched alkanes of at least 4 members (excludes halogenated alkanes) is 1. The van der Waals surface area contributed by atoms with Crippen molar-refractivity contribution in [2.45, 2.75) is 59.9 Å². The first kappa shape index (κ1) is 24.8. The van der Waals surface area contributed by atoms with Gasteiger partial charge in [-0.1, -0.05) is 33.1 Å². The highest BCUT2D eigenvalue weighted by atomic mass is 16.5. The molecule has 0 amide bonds. The van der Waals surface area contributed by atoms with E-state index >= 15 is 0 Å². The molecule has 32 heavy (non-hydrogen) atoms. The second kappa shape index (κ2) is 11.8. The van der Waals surface area contributed by atoms with Crippen LogP contribution < -0.4 is 5.56 Å². The zero-order chi connectivity index (χ0) is 23.7. The number of aromatic hydroxyl groups is 1. The number of aromatic nitrogens is 1. The number of benzene rings is 1. The number of hydrogen-bond acceptors (Lipinski definition) is 7. The van der Waals surface area contributed by atoms with Crippen LogP contribution in [0.5, 0.6) is 5.88 Å². The number of azo groups is 1. The molecule has 0 aliphatic carbocycles. The van der Waals surface area contributed by atoms with E-state index < -0.39 is 11.5 Å². The summed E-state index contributed by atoms with van der Waals surface area (Å²) in [5.74, 6) is -0.559. The fourth-order valence-electron chi connectivity index (χ4n) is 3.39. The molecule has 0 bridgehead atoms. The van der Waals surface area contributed by atoms with Gasteiger partial charge in [0.05, 0.1) is 17.9 Å². The van der Waals surface area contributed by atoms with Gasteiger partial charge >= 0.3 is 5.97 Å². The third kappa shape index (κ3) is 5.82. The molecule has 2 aromatic rings. The smallest absolute Gasteiger partial charge is 0.338 e. The summed E-state index contributed by atoms with van der Waals surface area (Å²) in [4.78, 5) is 24.9. The summed E-state index contributed by atoms with van der Waals surface area (Å²) in [7, 11) is 0. The van der Waals surface area contributed by atoms with Gasteiger partial charge in [-0.25, -0.2) is 4.79 Å². The predicted octanol–water partition coefficient (Wildman–Crippen LogP) is 5.54. The number of pyridine rings is 1. The minimum Gasteiger partial charge on any atom is -0.493 e. The molecular weight excluding hydrogens is 408 g/mol. The second-order valence-corrected chi connectivity index (χ2v) is 7.58. The van der Waals surface area contributed by atoms with Crippen LogP contribution in [0.3, 0.4) is 0 Å². The van der Waals surface area contributed by atoms with Gasteiger partial charge in [0, 0.05) is 12.1 Å². The average molecular weight is 439 g/mol. The van der Waals surface area contributed by atoms with Gasteiger partial charge in [-0.3, -0.25) is 9.36 Å². The van der Waals surface area contributed by atoms with Gasteiger partial charge in [0.2, 0.25) is 5.88 Å². The fourth-order valence-corrected chi connectivity index (χ4v) is 3.39. The standard InChI is InChI=1S/C24H30N4O4/c1-5-8-9-17(6-2)15-28-22(29)20(14-25)16(4)21(23(28)30)27-26-19-12-10-18(11-13-19)24(31)32-7-3/h10-13,17,29H,5-9,15H2,1-4H3. The zero-order valence-corrected chi connectivity index (χ0v) is 19.1. The predicted molar refractivity (Wildman–Crippen MR) is 122 cm³/mol. The van der Waals surface area contributed by atoms with E-state index in [4.69, 9.17) is 4.74 Å². The first-order chi connectivity index (χ1) is 15.4. The monoisotopic (exact) mass is 438 g/mol. The number of carbonyl (C=O) groups is 1. The Morgan fingerprint density at radius 3 is 2.47 bits per heavy atom. The minimum atomic E-state index is -0.485. The Kier molecular flexibility index (Phi) is 9.14. The van der Waals surface area contributed by atoms with Crippen LogP contribution in [-0.4, -0.2) is 22.2 Å². The quantitative estimate of drug-likeness (QED) is 0.386. The molecule has 8 heteroatoms. The zero-order valence-electron chi connectivity index (χ0n) is 19.1. The largest absolute Gasteiger partial charge is 0.493 e. The fraction of sp³-hybridized carbons (Fsp3) is 0.458. The minimum absolute atomic E-state index is 0.0131. The maximum absolute atomic E-state index is 13.1. The highest BCUT2D eigenvalue weighted by molar-refractivity contribution is 5.89. The maximum atomic E-state index is 13.1. The van der Waals surface area contributed by atoms with Gasteiger partial charge in [0.1, 0.15) is 11.6 Å². The lowest BCUT2D eigenvalue weighted by molar-refractivity contribution is 0.0526. The van der Waals surface area contributed by atoms with Gasteiger partial charge in [0.25, 0.3) is 5.56 Å². The van der Waals surface area contributed by atoms with E-state index in [1.807, 2.05) is 13.0 Å². The first-order valence-electron chi connectivity index (χ1n) is 10.9. The van der Waals surface area contributed by atoms with Crippen molar-refractivity contribution in [3.63, 3.8) is 0 Å². The summed E-state index contributed by atoms with van der Waals surface area (Å²) in [6.45, 7) is 8.04. The van der Waals surface area contributed by atoms with Crippen molar-refractivity contribution in [3.8, 4) is 11.9 Å². The van der Waals surface area contributed by atoms with Crippen molar-refractivity contribution in [2.24, 2.45) is 16.1 Å². The Bertz CT molecular complexity index is 1070. The molecule has 170 valence electrons. The van der Waals surface area contributed by atoms with Crippen molar-refractivity contribution in [2.75, 3.05) is 6.61 Å². The molecule has 1 N–H and O–H groups in total. The van der Waals surface area contributed by atoms with Crippen LogP contribution in [0.25, 0.3) is 0 Å². The average Bonchev–Trinajstić information content (AvgIpc) is 2.79. The Morgan fingerprint density at radius 2 is 1.91 bits per heavy atom. The van der Waals surface area contributed by atoms with Gasteiger partial charge in [0.15, 0.2) is 5.69 Å². The van der Waals surface area contributed by atoms with Gasteiger partial charge in [-0.2, -0.15) is 10.4 Å². The Hall–Kier alpha value is -3.47. The summed E-state index contributed by atoms with van der Waals surface area (Å²) < 4.78 is 6.18. The molecule has 1 unspecified atom stereocenters. The number of carbonyl (C=O) groups excluding carboxylic acids is 1. The number of esters is 1. The third-order valence-corrected chi connectivity index (χ3v) is 5.40. The van der Waals surface area contributed by atoms with Crippen LogP contribution in [0, 0.1) is 24.2 Å². The van der Waals surface area contributed by atoms with Crippen molar-refractivity contribution in [3.05, 3.63) is 51.3 Å². The highest BCUT2D eigenvalue weighted by Crippen LogP contribution is 2.28. The van der Waals surface area contributed by atoms with Crippen LogP contribution in [0.4, 0.5) is 11.4 Å². The van der Waals surface area contributed by atoms with Crippen LogP contribution in [0.2, 0.25) is 0 Å². The summed E-state index contributed by atoms with van der Waals surface area (Å²) in [6.07, 6.45) is 3.85. The molecule has 1 aromatic heterocycles. The summed E-state index contributed by atoms with van der Waals surface area (Å²) in [5.41, 5.74) is 0.643. The number of nitrogens with zero attached hydrogens (tertiary/aromatic N) is 4. The molecule has 0 radical (unpaired) electrons. The van der Waals surface area contributed by atoms with Crippen molar-refractivity contribution in [1.29, 1.82) is 5.26 Å². The molecule has 0 spiro atoms. The van der Waals surface area contributed by atoms with Crippen LogP contribution in [-0.2, 0) is 11.3 Å². The Morgan fingerprint density at radius 1 is 1.22 bits per heavy atom. The van der Waals surface area contributed by atoms with Crippen LogP contribution >= 0.6 is 0 Å². The van der Waals surface area contributed by atoms with E-state index in [1.54, 1.807) is 38.1 Å².